The number of nitrogens with one attached hydrogen (secondary N) is 1. The van der Waals surface area contributed by atoms with E-state index < -0.39 is 0 Å². The summed E-state index contributed by atoms with van der Waals surface area (Å²) < 4.78 is 2.35. The van der Waals surface area contributed by atoms with Gasteiger partial charge in [0.15, 0.2) is 0 Å². The predicted octanol–water partition coefficient (Wildman–Crippen LogP) is 5.96. The van der Waals surface area contributed by atoms with Gasteiger partial charge in [-0.1, -0.05) is 69.0 Å². The molecule has 2 aromatic carbocycles. The molecule has 0 bridgehead atoms. The van der Waals surface area contributed by atoms with Gasteiger partial charge in [0.1, 0.15) is 0 Å². The molecule has 3 aromatic rings. The average Bonchev–Trinajstić information content (AvgIpc) is 2.96. The van der Waals surface area contributed by atoms with Gasteiger partial charge in [-0.15, -0.1) is 0 Å². The molecule has 0 amide bonds. The minimum atomic E-state index is 0.691. The molecule has 27 heavy (non-hydrogen) atoms. The molecular formula is C25H30N2. The first-order valence-corrected chi connectivity index (χ1v) is 9.77. The maximum atomic E-state index is 4.12. The van der Waals surface area contributed by atoms with E-state index in [0.717, 1.165) is 25.2 Å². The lowest BCUT2D eigenvalue weighted by atomic mass is 10.0. The fraction of sp³-hybridized carbons (Fsp3) is 0.280. The Hall–Kier alpha value is -2.74. The largest absolute Gasteiger partial charge is 0.384 e. The van der Waals surface area contributed by atoms with Crippen molar-refractivity contribution in [3.8, 4) is 0 Å². The van der Waals surface area contributed by atoms with E-state index in [9.17, 15) is 0 Å². The number of benzene rings is 2. The fourth-order valence-electron chi connectivity index (χ4n) is 3.47. The van der Waals surface area contributed by atoms with E-state index in [1.54, 1.807) is 0 Å². The first kappa shape index (κ1) is 19.0. The van der Waals surface area contributed by atoms with Gasteiger partial charge in [-0.25, -0.2) is 0 Å². The van der Waals surface area contributed by atoms with Crippen molar-refractivity contribution in [1.82, 2.24) is 9.88 Å². The molecular weight excluding hydrogens is 328 g/mol. The average molecular weight is 359 g/mol. The van der Waals surface area contributed by atoms with Crippen LogP contribution in [0, 0.1) is 12.8 Å². The number of hydrogen-bond acceptors (Lipinski definition) is 1. The highest BCUT2D eigenvalue weighted by Gasteiger charge is 2.04. The summed E-state index contributed by atoms with van der Waals surface area (Å²) in [7, 11) is 0. The molecule has 0 saturated carbocycles. The molecule has 1 aromatic heterocycles. The second-order valence-corrected chi connectivity index (χ2v) is 7.62. The maximum absolute atomic E-state index is 4.12. The third kappa shape index (κ3) is 5.13. The number of rotatable bonds is 8. The topological polar surface area (TPSA) is 17.0 Å². The van der Waals surface area contributed by atoms with E-state index in [1.165, 1.54) is 27.7 Å². The molecule has 0 unspecified atom stereocenters. The van der Waals surface area contributed by atoms with Crippen LogP contribution < -0.4 is 5.32 Å². The van der Waals surface area contributed by atoms with Crippen LogP contribution in [-0.2, 0) is 13.0 Å². The molecule has 0 spiro atoms. The lowest BCUT2D eigenvalue weighted by Crippen LogP contribution is -2.18. The van der Waals surface area contributed by atoms with Crippen molar-refractivity contribution in [2.75, 3.05) is 6.54 Å². The summed E-state index contributed by atoms with van der Waals surface area (Å²) in [4.78, 5) is 0. The van der Waals surface area contributed by atoms with Gasteiger partial charge in [-0.05, 0) is 54.0 Å². The Morgan fingerprint density at radius 3 is 2.59 bits per heavy atom. The van der Waals surface area contributed by atoms with Crippen LogP contribution in [0.4, 0.5) is 0 Å². The molecule has 2 heteroatoms. The minimum Gasteiger partial charge on any atom is -0.384 e. The van der Waals surface area contributed by atoms with Crippen molar-refractivity contribution in [2.45, 2.75) is 33.7 Å². The maximum Gasteiger partial charge on any atom is 0.0483 e. The molecule has 0 aliphatic heterocycles. The number of hydrogen-bond donors (Lipinski definition) is 1. The monoisotopic (exact) mass is 358 g/mol. The van der Waals surface area contributed by atoms with Crippen LogP contribution in [0.5, 0.6) is 0 Å². The van der Waals surface area contributed by atoms with Crippen molar-refractivity contribution in [1.29, 1.82) is 0 Å². The number of aromatic nitrogens is 1. The van der Waals surface area contributed by atoms with Crippen molar-refractivity contribution in [3.05, 3.63) is 89.8 Å². The molecule has 0 atom stereocenters. The molecule has 1 heterocycles. The molecule has 2 nitrogen and oxygen atoms in total. The Balaban J connectivity index is 1.52. The van der Waals surface area contributed by atoms with Crippen LogP contribution in [0.1, 0.15) is 30.7 Å². The Bertz CT molecular complexity index is 927. The first-order valence-electron chi connectivity index (χ1n) is 9.77. The summed E-state index contributed by atoms with van der Waals surface area (Å²) >= 11 is 0. The zero-order valence-electron chi connectivity index (χ0n) is 16.7. The van der Waals surface area contributed by atoms with E-state index in [4.69, 9.17) is 0 Å². The van der Waals surface area contributed by atoms with Crippen molar-refractivity contribution in [3.63, 3.8) is 0 Å². The molecule has 140 valence electrons. The van der Waals surface area contributed by atoms with Crippen LogP contribution in [0.2, 0.25) is 0 Å². The number of fused-ring (bicyclic) bond motifs is 1. The van der Waals surface area contributed by atoms with Crippen molar-refractivity contribution in [2.24, 2.45) is 5.92 Å². The summed E-state index contributed by atoms with van der Waals surface area (Å²) in [6, 6.07) is 19.6. The van der Waals surface area contributed by atoms with E-state index in [2.05, 4.69) is 104 Å². The lowest BCUT2D eigenvalue weighted by Gasteiger charge is -2.10. The lowest BCUT2D eigenvalue weighted by molar-refractivity contribution is 0.647. The first-order chi connectivity index (χ1) is 13.0. The van der Waals surface area contributed by atoms with Crippen molar-refractivity contribution < 1.29 is 0 Å². The van der Waals surface area contributed by atoms with Crippen LogP contribution in [-0.4, -0.2) is 11.1 Å². The summed E-state index contributed by atoms with van der Waals surface area (Å²) in [5.41, 5.74) is 6.13. The predicted molar refractivity (Wildman–Crippen MR) is 118 cm³/mol. The minimum absolute atomic E-state index is 0.691. The molecule has 1 N–H and O–H groups in total. The second-order valence-electron chi connectivity index (χ2n) is 7.62. The van der Waals surface area contributed by atoms with E-state index >= 15 is 0 Å². The van der Waals surface area contributed by atoms with Gasteiger partial charge in [-0.3, -0.25) is 0 Å². The summed E-state index contributed by atoms with van der Waals surface area (Å²) in [5, 5.41) is 4.72. The van der Waals surface area contributed by atoms with Crippen LogP contribution in [0.15, 0.2) is 72.9 Å². The molecule has 0 aliphatic rings. The van der Waals surface area contributed by atoms with Crippen LogP contribution >= 0.6 is 0 Å². The van der Waals surface area contributed by atoms with Crippen molar-refractivity contribution >= 4 is 17.0 Å². The Morgan fingerprint density at radius 2 is 1.85 bits per heavy atom. The van der Waals surface area contributed by atoms with Gasteiger partial charge in [0.25, 0.3) is 0 Å². The van der Waals surface area contributed by atoms with E-state index in [-0.39, 0.29) is 0 Å². The summed E-state index contributed by atoms with van der Waals surface area (Å²) in [5.74, 6) is 0.691. The zero-order chi connectivity index (χ0) is 19.2. The number of para-hydroxylation sites is 1. The van der Waals surface area contributed by atoms with Crippen LogP contribution in [0.3, 0.4) is 0 Å². The normalized spacial score (nSPS) is 11.6. The summed E-state index contributed by atoms with van der Waals surface area (Å²) in [6.07, 6.45) is 5.30. The Morgan fingerprint density at radius 1 is 1.11 bits per heavy atom. The summed E-state index contributed by atoms with van der Waals surface area (Å²) in [6.45, 7) is 12.6. The third-order valence-electron chi connectivity index (χ3n) is 4.81. The number of nitrogens with zero attached hydrogens (tertiary/aromatic N) is 1. The smallest absolute Gasteiger partial charge is 0.0483 e. The third-order valence-corrected chi connectivity index (χ3v) is 4.81. The number of aryl methyl sites for hydroxylation is 1. The Labute approximate surface area is 163 Å². The molecule has 0 fully saturated rings. The van der Waals surface area contributed by atoms with Gasteiger partial charge in [0.05, 0.1) is 0 Å². The highest BCUT2D eigenvalue weighted by Crippen LogP contribution is 2.18. The van der Waals surface area contributed by atoms with E-state index in [0.29, 0.717) is 5.92 Å². The van der Waals surface area contributed by atoms with E-state index in [1.807, 2.05) is 0 Å². The van der Waals surface area contributed by atoms with Gasteiger partial charge < -0.3 is 9.88 Å². The second kappa shape index (κ2) is 8.77. The fourth-order valence-corrected chi connectivity index (χ4v) is 3.47. The highest BCUT2D eigenvalue weighted by molar-refractivity contribution is 5.81. The molecule has 0 saturated heterocycles. The standard InChI is InChI=1S/C25H30N2/c1-19(2)17-23-13-11-22(12-14-23)10-9-20(3)26-15-16-27-21(4)18-24-7-5-6-8-25(24)27/h5-14,18-19,26H,3,15-17H2,1-2,4H3/b10-9+. The molecule has 0 aliphatic carbocycles. The zero-order valence-corrected chi connectivity index (χ0v) is 16.7. The SMILES string of the molecule is C=C(/C=C/c1ccc(CC(C)C)cc1)NCCn1c(C)cc2ccccc21. The highest BCUT2D eigenvalue weighted by atomic mass is 15.0. The van der Waals surface area contributed by atoms with Crippen LogP contribution in [0.25, 0.3) is 17.0 Å². The quantitative estimate of drug-likeness (QED) is 0.491. The molecule has 3 rings (SSSR count). The van der Waals surface area contributed by atoms with Gasteiger partial charge >= 0.3 is 0 Å². The van der Waals surface area contributed by atoms with Gasteiger partial charge in [0.2, 0.25) is 0 Å². The number of allylic oxidation sites excluding steroid dienone is 1. The molecule has 0 radical (unpaired) electrons. The van der Waals surface area contributed by atoms with Gasteiger partial charge in [-0.2, -0.15) is 0 Å². The van der Waals surface area contributed by atoms with Gasteiger partial charge in [0, 0.05) is 30.0 Å². The Kier molecular flexibility index (Phi) is 6.18.